The lowest BCUT2D eigenvalue weighted by molar-refractivity contribution is -0.120. The van der Waals surface area contributed by atoms with Gasteiger partial charge in [-0.3, -0.25) is 4.79 Å². The zero-order chi connectivity index (χ0) is 20.5. The maximum atomic E-state index is 12.9. The average Bonchev–Trinajstić information content (AvgIpc) is 2.66. The largest absolute Gasteiger partial charge is 0.506 e. The summed E-state index contributed by atoms with van der Waals surface area (Å²) in [6.07, 6.45) is 0.742. The van der Waals surface area contributed by atoms with Gasteiger partial charge in [0.2, 0.25) is 15.9 Å². The molecular weight excluding hydrogens is 423 g/mol. The van der Waals surface area contributed by atoms with Crippen LogP contribution in [0.5, 0.6) is 5.75 Å². The van der Waals surface area contributed by atoms with Crippen molar-refractivity contribution in [3.05, 3.63) is 52.0 Å². The topological polar surface area (TPSA) is 86.7 Å². The Bertz CT molecular complexity index is 1000. The van der Waals surface area contributed by atoms with E-state index in [1.54, 1.807) is 18.2 Å². The van der Waals surface area contributed by atoms with Crippen molar-refractivity contribution < 1.29 is 18.3 Å². The Morgan fingerprint density at radius 2 is 1.82 bits per heavy atom. The molecule has 3 rings (SSSR count). The molecule has 2 aromatic carbocycles. The van der Waals surface area contributed by atoms with Gasteiger partial charge in [-0.05, 0) is 55.7 Å². The number of amides is 1. The minimum atomic E-state index is -3.79. The summed E-state index contributed by atoms with van der Waals surface area (Å²) in [5.74, 6) is -0.581. The molecule has 0 unspecified atom stereocenters. The van der Waals surface area contributed by atoms with Crippen LogP contribution in [0.2, 0.25) is 10.0 Å². The minimum absolute atomic E-state index is 0.00367. The zero-order valence-electron chi connectivity index (χ0n) is 15.2. The molecule has 0 saturated carbocycles. The number of anilines is 1. The molecule has 6 nitrogen and oxygen atoms in total. The molecule has 1 heterocycles. The molecule has 1 saturated heterocycles. The summed E-state index contributed by atoms with van der Waals surface area (Å²) in [6, 6.07) is 9.31. The third-order valence-corrected chi connectivity index (χ3v) is 7.36. The summed E-state index contributed by atoms with van der Waals surface area (Å²) in [6.45, 7) is 2.24. The number of hydrogen-bond donors (Lipinski definition) is 2. The van der Waals surface area contributed by atoms with E-state index in [4.69, 9.17) is 23.2 Å². The first-order valence-electron chi connectivity index (χ1n) is 8.74. The number of carbonyl (C=O) groups excluding carboxylic acids is 1. The predicted octanol–water partition coefficient (Wildman–Crippen LogP) is 4.05. The van der Waals surface area contributed by atoms with Gasteiger partial charge in [0.05, 0.1) is 10.7 Å². The Morgan fingerprint density at radius 1 is 1.14 bits per heavy atom. The maximum Gasteiger partial charge on any atom is 0.244 e. The minimum Gasteiger partial charge on any atom is -0.506 e. The van der Waals surface area contributed by atoms with E-state index in [-0.39, 0.29) is 45.6 Å². The summed E-state index contributed by atoms with van der Waals surface area (Å²) in [7, 11) is -3.79. The monoisotopic (exact) mass is 442 g/mol. The fourth-order valence-corrected chi connectivity index (χ4v) is 5.36. The molecule has 28 heavy (non-hydrogen) atoms. The Balaban J connectivity index is 1.66. The van der Waals surface area contributed by atoms with Crippen molar-refractivity contribution in [2.24, 2.45) is 5.92 Å². The number of hydrogen-bond acceptors (Lipinski definition) is 4. The third kappa shape index (κ3) is 4.43. The van der Waals surface area contributed by atoms with Crippen molar-refractivity contribution in [2.75, 3.05) is 18.4 Å². The summed E-state index contributed by atoms with van der Waals surface area (Å²) < 4.78 is 27.0. The molecule has 0 aliphatic carbocycles. The van der Waals surface area contributed by atoms with Gasteiger partial charge in [-0.2, -0.15) is 4.31 Å². The highest BCUT2D eigenvalue weighted by molar-refractivity contribution is 7.89. The Kier molecular flexibility index (Phi) is 6.19. The van der Waals surface area contributed by atoms with Gasteiger partial charge in [0, 0.05) is 24.0 Å². The fraction of sp³-hybridized carbons (Fsp3) is 0.316. The number of piperidine rings is 1. The van der Waals surface area contributed by atoms with Crippen LogP contribution >= 0.6 is 23.2 Å². The molecule has 2 aromatic rings. The van der Waals surface area contributed by atoms with Crippen molar-refractivity contribution >= 4 is 44.8 Å². The first kappa shape index (κ1) is 20.9. The molecule has 0 bridgehead atoms. The van der Waals surface area contributed by atoms with Crippen LogP contribution in [-0.4, -0.2) is 36.8 Å². The number of nitrogens with zero attached hydrogens (tertiary/aromatic N) is 1. The third-order valence-electron chi connectivity index (χ3n) is 4.75. The van der Waals surface area contributed by atoms with E-state index in [9.17, 15) is 18.3 Å². The Hall–Kier alpha value is -1.80. The molecule has 0 spiro atoms. The van der Waals surface area contributed by atoms with Crippen LogP contribution in [0.1, 0.15) is 18.4 Å². The maximum absolute atomic E-state index is 12.9. The van der Waals surface area contributed by atoms with Crippen molar-refractivity contribution in [1.82, 2.24) is 4.31 Å². The number of phenols is 1. The summed E-state index contributed by atoms with van der Waals surface area (Å²) in [5, 5.41) is 13.0. The highest BCUT2D eigenvalue weighted by Gasteiger charge is 2.33. The van der Waals surface area contributed by atoms with E-state index < -0.39 is 10.0 Å². The van der Waals surface area contributed by atoms with E-state index in [0.29, 0.717) is 18.5 Å². The second-order valence-electron chi connectivity index (χ2n) is 6.76. The molecule has 2 N–H and O–H groups in total. The van der Waals surface area contributed by atoms with Gasteiger partial charge in [-0.25, -0.2) is 8.42 Å². The van der Waals surface area contributed by atoms with Gasteiger partial charge >= 0.3 is 0 Å². The van der Waals surface area contributed by atoms with Gasteiger partial charge in [0.1, 0.15) is 10.6 Å². The Labute approximate surface area is 174 Å². The van der Waals surface area contributed by atoms with Crippen molar-refractivity contribution in [2.45, 2.75) is 24.7 Å². The first-order valence-corrected chi connectivity index (χ1v) is 10.9. The summed E-state index contributed by atoms with van der Waals surface area (Å²) in [4.78, 5) is 12.5. The number of aryl methyl sites for hydroxylation is 1. The van der Waals surface area contributed by atoms with E-state index in [1.165, 1.54) is 22.5 Å². The average molecular weight is 443 g/mol. The fourth-order valence-electron chi connectivity index (χ4n) is 3.15. The number of halogens is 2. The van der Waals surface area contributed by atoms with Gasteiger partial charge in [0.25, 0.3) is 0 Å². The van der Waals surface area contributed by atoms with Crippen molar-refractivity contribution in [3.63, 3.8) is 0 Å². The highest BCUT2D eigenvalue weighted by Crippen LogP contribution is 2.31. The van der Waals surface area contributed by atoms with Crippen LogP contribution in [-0.2, 0) is 14.8 Å². The molecule has 150 valence electrons. The lowest BCUT2D eigenvalue weighted by atomic mass is 9.97. The quantitative estimate of drug-likeness (QED) is 0.699. The zero-order valence-corrected chi connectivity index (χ0v) is 17.5. The second kappa shape index (κ2) is 8.29. The van der Waals surface area contributed by atoms with Gasteiger partial charge in [-0.1, -0.05) is 29.3 Å². The predicted molar refractivity (Wildman–Crippen MR) is 109 cm³/mol. The lowest BCUT2D eigenvalue weighted by Gasteiger charge is -2.30. The summed E-state index contributed by atoms with van der Waals surface area (Å²) in [5.41, 5.74) is 1.23. The Morgan fingerprint density at radius 3 is 2.46 bits per heavy atom. The molecule has 0 radical (unpaired) electrons. The molecular formula is C19H20Cl2N2O4S. The molecule has 1 fully saturated rings. The SMILES string of the molecule is Cc1ccc(NC(=O)C2CCN(S(=O)(=O)c3cc(Cl)ccc3Cl)CC2)c(O)c1. The number of aromatic hydroxyl groups is 1. The van der Waals surface area contributed by atoms with Gasteiger partial charge in [-0.15, -0.1) is 0 Å². The van der Waals surface area contributed by atoms with Crippen LogP contribution in [0, 0.1) is 12.8 Å². The highest BCUT2D eigenvalue weighted by atomic mass is 35.5. The lowest BCUT2D eigenvalue weighted by Crippen LogP contribution is -2.41. The molecule has 1 aliphatic rings. The van der Waals surface area contributed by atoms with Gasteiger partial charge < -0.3 is 10.4 Å². The molecule has 0 aromatic heterocycles. The standard InChI is InChI=1S/C19H20Cl2N2O4S/c1-12-2-5-16(17(24)10-12)22-19(25)13-6-8-23(9-7-13)28(26,27)18-11-14(20)3-4-15(18)21/h2-5,10-11,13,24H,6-9H2,1H3,(H,22,25). The molecule has 1 aliphatic heterocycles. The van der Waals surface area contributed by atoms with Crippen LogP contribution in [0.15, 0.2) is 41.3 Å². The number of phenolic OH excluding ortho intramolecular Hbond substituents is 1. The summed E-state index contributed by atoms with van der Waals surface area (Å²) >= 11 is 12.0. The number of carbonyl (C=O) groups is 1. The van der Waals surface area contributed by atoms with Crippen LogP contribution in [0.4, 0.5) is 5.69 Å². The molecule has 9 heteroatoms. The van der Waals surface area contributed by atoms with Crippen LogP contribution in [0.25, 0.3) is 0 Å². The molecule has 0 atom stereocenters. The second-order valence-corrected chi connectivity index (χ2v) is 9.51. The van der Waals surface area contributed by atoms with Crippen molar-refractivity contribution in [1.29, 1.82) is 0 Å². The van der Waals surface area contributed by atoms with E-state index in [2.05, 4.69) is 5.32 Å². The number of nitrogens with one attached hydrogen (secondary N) is 1. The number of benzene rings is 2. The number of sulfonamides is 1. The van der Waals surface area contributed by atoms with E-state index in [1.807, 2.05) is 6.92 Å². The van der Waals surface area contributed by atoms with Crippen LogP contribution < -0.4 is 5.32 Å². The van der Waals surface area contributed by atoms with E-state index >= 15 is 0 Å². The van der Waals surface area contributed by atoms with Gasteiger partial charge in [0.15, 0.2) is 0 Å². The molecule has 1 amide bonds. The van der Waals surface area contributed by atoms with E-state index in [0.717, 1.165) is 5.56 Å². The van der Waals surface area contributed by atoms with Crippen LogP contribution in [0.3, 0.4) is 0 Å². The first-order chi connectivity index (χ1) is 13.2. The van der Waals surface area contributed by atoms with Crippen molar-refractivity contribution in [3.8, 4) is 5.75 Å². The smallest absolute Gasteiger partial charge is 0.244 e. The normalized spacial score (nSPS) is 16.1. The number of rotatable bonds is 4.